The lowest BCUT2D eigenvalue weighted by Gasteiger charge is -2.07. The van der Waals surface area contributed by atoms with Crippen LogP contribution >= 0.6 is 0 Å². The first-order valence-electron chi connectivity index (χ1n) is 8.35. The van der Waals surface area contributed by atoms with Gasteiger partial charge in [-0.05, 0) is 30.5 Å². The molecule has 0 aliphatic heterocycles. The zero-order chi connectivity index (χ0) is 19.7. The first kappa shape index (κ1) is 20.7. The van der Waals surface area contributed by atoms with E-state index in [4.69, 9.17) is 9.88 Å². The number of methoxy groups -OCH3 is 1. The summed E-state index contributed by atoms with van der Waals surface area (Å²) < 4.78 is 27.4. The Morgan fingerprint density at radius 3 is 2.48 bits per heavy atom. The van der Waals surface area contributed by atoms with Crippen LogP contribution in [0.25, 0.3) is 0 Å². The summed E-state index contributed by atoms with van der Waals surface area (Å²) in [4.78, 5) is 20.4. The normalized spacial score (nSPS) is 11.2. The van der Waals surface area contributed by atoms with Crippen LogP contribution in [0.5, 0.6) is 0 Å². The Hall–Kier alpha value is -2.56. The summed E-state index contributed by atoms with van der Waals surface area (Å²) in [5.41, 5.74) is 1.10. The Morgan fingerprint density at radius 1 is 1.15 bits per heavy atom. The molecule has 1 aromatic carbocycles. The summed E-state index contributed by atoms with van der Waals surface area (Å²) in [6.45, 7) is 1.75. The highest BCUT2D eigenvalue weighted by Crippen LogP contribution is 2.09. The van der Waals surface area contributed by atoms with Gasteiger partial charge in [0.1, 0.15) is 11.5 Å². The number of nitrogens with one attached hydrogen (secondary N) is 2. The minimum absolute atomic E-state index is 0.0569. The number of anilines is 1. The molecule has 10 heteroatoms. The van der Waals surface area contributed by atoms with Crippen molar-refractivity contribution in [2.24, 2.45) is 5.14 Å². The second-order valence-electron chi connectivity index (χ2n) is 5.75. The van der Waals surface area contributed by atoms with Crippen LogP contribution in [0.4, 0.5) is 5.82 Å². The number of benzene rings is 1. The first-order valence-corrected chi connectivity index (χ1v) is 9.89. The lowest BCUT2D eigenvalue weighted by Crippen LogP contribution is -2.26. The average molecular weight is 393 g/mol. The molecular weight excluding hydrogens is 370 g/mol. The van der Waals surface area contributed by atoms with E-state index in [1.165, 1.54) is 24.5 Å². The maximum absolute atomic E-state index is 12.1. The van der Waals surface area contributed by atoms with E-state index < -0.39 is 10.0 Å². The number of primary sulfonamides is 1. The quantitative estimate of drug-likeness (QED) is 0.501. The number of carbonyl (C=O) groups is 1. The maximum Gasteiger partial charge on any atom is 0.271 e. The lowest BCUT2D eigenvalue weighted by molar-refractivity contribution is 0.0949. The zero-order valence-electron chi connectivity index (χ0n) is 15.0. The largest absolute Gasteiger partial charge is 0.385 e. The zero-order valence-corrected chi connectivity index (χ0v) is 15.8. The summed E-state index contributed by atoms with van der Waals surface area (Å²) in [6, 6.07) is 6.21. The number of nitrogens with zero attached hydrogens (tertiary/aromatic N) is 2. The Bertz CT molecular complexity index is 839. The molecule has 0 aliphatic rings. The molecule has 0 saturated heterocycles. The monoisotopic (exact) mass is 393 g/mol. The topological polar surface area (TPSA) is 136 Å². The SMILES string of the molecule is COCCCNc1cnc(C(=O)NCCc2ccc(S(N)(=O)=O)cc2)cn1. The summed E-state index contributed by atoms with van der Waals surface area (Å²) >= 11 is 0. The molecule has 9 nitrogen and oxygen atoms in total. The number of hydrogen-bond donors (Lipinski definition) is 3. The van der Waals surface area contributed by atoms with Crippen molar-refractivity contribution in [3.05, 3.63) is 47.9 Å². The predicted octanol–water partition coefficient (Wildman–Crippen LogP) is 0.545. The molecule has 1 heterocycles. The molecule has 27 heavy (non-hydrogen) atoms. The fourth-order valence-electron chi connectivity index (χ4n) is 2.23. The molecule has 0 unspecified atom stereocenters. The lowest BCUT2D eigenvalue weighted by atomic mass is 10.1. The van der Waals surface area contributed by atoms with Gasteiger partial charge in [0.2, 0.25) is 10.0 Å². The molecule has 1 aromatic heterocycles. The van der Waals surface area contributed by atoms with Crippen LogP contribution in [0.3, 0.4) is 0 Å². The number of ether oxygens (including phenoxy) is 1. The molecule has 0 aliphatic carbocycles. The third-order valence-electron chi connectivity index (χ3n) is 3.67. The van der Waals surface area contributed by atoms with E-state index in [1.807, 2.05) is 0 Å². The number of nitrogens with two attached hydrogens (primary N) is 1. The van der Waals surface area contributed by atoms with Gasteiger partial charge in [-0.2, -0.15) is 0 Å². The molecule has 0 atom stereocenters. The van der Waals surface area contributed by atoms with Crippen molar-refractivity contribution in [3.63, 3.8) is 0 Å². The van der Waals surface area contributed by atoms with Gasteiger partial charge in [-0.1, -0.05) is 12.1 Å². The molecular formula is C17H23N5O4S. The van der Waals surface area contributed by atoms with Gasteiger partial charge in [-0.15, -0.1) is 0 Å². The van der Waals surface area contributed by atoms with Crippen molar-refractivity contribution in [1.82, 2.24) is 15.3 Å². The number of aromatic nitrogens is 2. The van der Waals surface area contributed by atoms with Gasteiger partial charge in [0.15, 0.2) is 0 Å². The van der Waals surface area contributed by atoms with E-state index >= 15 is 0 Å². The van der Waals surface area contributed by atoms with Crippen molar-refractivity contribution in [3.8, 4) is 0 Å². The van der Waals surface area contributed by atoms with E-state index in [0.29, 0.717) is 31.9 Å². The van der Waals surface area contributed by atoms with E-state index in [0.717, 1.165) is 12.0 Å². The molecule has 1 amide bonds. The Labute approximate surface area is 158 Å². The molecule has 4 N–H and O–H groups in total. The van der Waals surface area contributed by atoms with Crippen LogP contribution < -0.4 is 15.8 Å². The van der Waals surface area contributed by atoms with Crippen LogP contribution in [0, 0.1) is 0 Å². The molecule has 0 radical (unpaired) electrons. The van der Waals surface area contributed by atoms with Crippen LogP contribution in [0.2, 0.25) is 0 Å². The van der Waals surface area contributed by atoms with Crippen LogP contribution in [0.15, 0.2) is 41.6 Å². The van der Waals surface area contributed by atoms with Crippen LogP contribution in [-0.2, 0) is 21.2 Å². The van der Waals surface area contributed by atoms with Gasteiger partial charge >= 0.3 is 0 Å². The van der Waals surface area contributed by atoms with E-state index in [9.17, 15) is 13.2 Å². The van der Waals surface area contributed by atoms with Crippen molar-refractivity contribution < 1.29 is 17.9 Å². The predicted molar refractivity (Wildman–Crippen MR) is 101 cm³/mol. The summed E-state index contributed by atoms with van der Waals surface area (Å²) in [7, 11) is -2.05. The summed E-state index contributed by atoms with van der Waals surface area (Å²) in [6.07, 6.45) is 4.31. The molecule has 0 saturated carbocycles. The van der Waals surface area contributed by atoms with Crippen molar-refractivity contribution >= 4 is 21.7 Å². The third kappa shape index (κ3) is 6.93. The number of hydrogen-bond acceptors (Lipinski definition) is 7. The van der Waals surface area contributed by atoms with Gasteiger partial charge in [-0.25, -0.2) is 23.5 Å². The fourth-order valence-corrected chi connectivity index (χ4v) is 2.74. The Kier molecular flexibility index (Phi) is 7.65. The molecule has 2 aromatic rings. The molecule has 146 valence electrons. The highest BCUT2D eigenvalue weighted by Gasteiger charge is 2.09. The van der Waals surface area contributed by atoms with Gasteiger partial charge in [-0.3, -0.25) is 4.79 Å². The highest BCUT2D eigenvalue weighted by molar-refractivity contribution is 7.89. The van der Waals surface area contributed by atoms with Crippen molar-refractivity contribution in [2.45, 2.75) is 17.7 Å². The second-order valence-corrected chi connectivity index (χ2v) is 7.32. The molecule has 0 bridgehead atoms. The maximum atomic E-state index is 12.1. The smallest absolute Gasteiger partial charge is 0.271 e. The van der Waals surface area contributed by atoms with Gasteiger partial charge in [0.05, 0.1) is 17.3 Å². The Balaban J connectivity index is 1.78. The molecule has 2 rings (SSSR count). The minimum atomic E-state index is -3.70. The Morgan fingerprint density at radius 2 is 1.89 bits per heavy atom. The average Bonchev–Trinajstić information content (AvgIpc) is 2.65. The second kappa shape index (κ2) is 9.95. The molecule has 0 fully saturated rings. The number of amides is 1. The van der Waals surface area contributed by atoms with Crippen molar-refractivity contribution in [2.75, 3.05) is 32.1 Å². The number of rotatable bonds is 10. The first-order chi connectivity index (χ1) is 12.9. The highest BCUT2D eigenvalue weighted by atomic mass is 32.2. The third-order valence-corrected chi connectivity index (χ3v) is 4.60. The summed E-state index contributed by atoms with van der Waals surface area (Å²) in [5.74, 6) is 0.271. The number of carbonyl (C=O) groups excluding carboxylic acids is 1. The van der Waals surface area contributed by atoms with Crippen molar-refractivity contribution in [1.29, 1.82) is 0 Å². The van der Waals surface area contributed by atoms with E-state index in [1.54, 1.807) is 19.2 Å². The van der Waals surface area contributed by atoms with Gasteiger partial charge < -0.3 is 15.4 Å². The molecule has 0 spiro atoms. The van der Waals surface area contributed by atoms with Gasteiger partial charge in [0.25, 0.3) is 5.91 Å². The van der Waals surface area contributed by atoms with E-state index in [-0.39, 0.29) is 16.5 Å². The fraction of sp³-hybridized carbons (Fsp3) is 0.353. The van der Waals surface area contributed by atoms with Crippen LogP contribution in [0.1, 0.15) is 22.5 Å². The van der Waals surface area contributed by atoms with Crippen LogP contribution in [-0.4, -0.2) is 51.1 Å². The minimum Gasteiger partial charge on any atom is -0.385 e. The number of sulfonamides is 1. The van der Waals surface area contributed by atoms with E-state index in [2.05, 4.69) is 20.6 Å². The summed E-state index contributed by atoms with van der Waals surface area (Å²) in [5, 5.41) is 10.9. The van der Waals surface area contributed by atoms with Gasteiger partial charge in [0, 0.05) is 26.8 Å². The standard InChI is InChI=1S/C17H23N5O4S/c1-26-10-2-8-19-16-12-21-15(11-22-16)17(23)20-9-7-13-3-5-14(6-4-13)27(18,24)25/h3-6,11-12H,2,7-10H2,1H3,(H,19,22)(H,20,23)(H2,18,24,25).